The van der Waals surface area contributed by atoms with Gasteiger partial charge in [0.05, 0.1) is 18.0 Å². The van der Waals surface area contributed by atoms with Crippen LogP contribution < -0.4 is 5.32 Å². The van der Waals surface area contributed by atoms with Crippen LogP contribution in [-0.2, 0) is 4.79 Å². The van der Waals surface area contributed by atoms with Crippen LogP contribution in [-0.4, -0.2) is 38.3 Å². The highest BCUT2D eigenvalue weighted by molar-refractivity contribution is 6.30. The monoisotopic (exact) mass is 504 g/mol. The number of pyridine rings is 1. The van der Waals surface area contributed by atoms with Crippen LogP contribution in [0.2, 0.25) is 5.02 Å². The molecule has 2 heterocycles. The minimum atomic E-state index is -0.961. The molecule has 2 aromatic carbocycles. The molecule has 8 heteroatoms. The average molecular weight is 505 g/mol. The first-order valence-electron chi connectivity index (χ1n) is 11.9. The lowest BCUT2D eigenvalue weighted by atomic mass is 9.98. The molecule has 0 aliphatic carbocycles. The zero-order valence-corrected chi connectivity index (χ0v) is 21.3. The van der Waals surface area contributed by atoms with Crippen LogP contribution >= 0.6 is 11.6 Å². The molecule has 0 aliphatic heterocycles. The summed E-state index contributed by atoms with van der Waals surface area (Å²) in [6.45, 7) is 6.44. The largest absolute Gasteiger partial charge is 0.481 e. The Hall–Kier alpha value is -3.71. The minimum absolute atomic E-state index is 0.0465. The number of carboxylic acids is 1. The lowest BCUT2D eigenvalue weighted by molar-refractivity contribution is -0.136. The fraction of sp³-hybridized carbons (Fsp3) is 0.286. The number of amides is 1. The molecular weight excluding hydrogens is 476 g/mol. The summed E-state index contributed by atoms with van der Waals surface area (Å²) < 4.78 is 1.98. The van der Waals surface area contributed by atoms with E-state index in [4.69, 9.17) is 21.8 Å². The van der Waals surface area contributed by atoms with E-state index in [1.54, 1.807) is 12.3 Å². The van der Waals surface area contributed by atoms with E-state index in [9.17, 15) is 9.59 Å². The summed E-state index contributed by atoms with van der Waals surface area (Å²) in [7, 11) is 0. The third kappa shape index (κ3) is 5.91. The Morgan fingerprint density at radius 3 is 2.58 bits per heavy atom. The van der Waals surface area contributed by atoms with Gasteiger partial charge in [-0.25, -0.2) is 0 Å². The maximum absolute atomic E-state index is 12.3. The van der Waals surface area contributed by atoms with Crippen molar-refractivity contribution in [2.24, 2.45) is 5.92 Å². The highest BCUT2D eigenvalue weighted by Gasteiger charge is 2.19. The highest BCUT2D eigenvalue weighted by Crippen LogP contribution is 2.31. The molecule has 1 amide bonds. The standard InChI is InChI=1S/C28H29ClN4O3/c1-17(2)12-26(20-5-9-25(31-15-20)28(36)30-11-10-27(34)35)33-16-21-14-19(4-8-24(21)32-33)23-7-6-22(29)13-18(23)3/h4-9,13-17,26H,10-12H2,1-3H3,(H,30,36)(H,34,35). The molecule has 1 atom stereocenters. The van der Waals surface area contributed by atoms with Crippen molar-refractivity contribution in [2.75, 3.05) is 6.54 Å². The van der Waals surface area contributed by atoms with Gasteiger partial charge in [-0.2, -0.15) is 5.10 Å². The first-order valence-corrected chi connectivity index (χ1v) is 12.3. The number of carbonyl (C=O) groups is 2. The van der Waals surface area contributed by atoms with Crippen LogP contribution in [0.1, 0.15) is 54.3 Å². The topological polar surface area (TPSA) is 97.1 Å². The van der Waals surface area contributed by atoms with Gasteiger partial charge in [-0.05, 0) is 71.8 Å². The zero-order chi connectivity index (χ0) is 25.8. The first-order chi connectivity index (χ1) is 17.2. The number of hydrogen-bond donors (Lipinski definition) is 2. The van der Waals surface area contributed by atoms with Crippen LogP contribution in [0.15, 0.2) is 60.9 Å². The molecule has 7 nitrogen and oxygen atoms in total. The van der Waals surface area contributed by atoms with Crippen LogP contribution in [0.3, 0.4) is 0 Å². The number of nitrogens with one attached hydrogen (secondary N) is 1. The molecular formula is C28H29ClN4O3. The molecule has 186 valence electrons. The van der Waals surface area contributed by atoms with Gasteiger partial charge < -0.3 is 10.4 Å². The van der Waals surface area contributed by atoms with E-state index in [-0.39, 0.29) is 24.7 Å². The van der Waals surface area contributed by atoms with Crippen molar-refractivity contribution in [2.45, 2.75) is 39.7 Å². The Bertz CT molecular complexity index is 1400. The van der Waals surface area contributed by atoms with Crippen LogP contribution in [0.4, 0.5) is 0 Å². The average Bonchev–Trinajstić information content (AvgIpc) is 3.25. The predicted molar refractivity (Wildman–Crippen MR) is 141 cm³/mol. The lowest BCUT2D eigenvalue weighted by Crippen LogP contribution is -2.27. The number of carboxylic acid groups (broad SMARTS) is 1. The summed E-state index contributed by atoms with van der Waals surface area (Å²) in [6, 6.07) is 15.7. The van der Waals surface area contributed by atoms with E-state index in [1.165, 1.54) is 0 Å². The molecule has 36 heavy (non-hydrogen) atoms. The molecule has 0 saturated heterocycles. The number of aromatic nitrogens is 3. The number of nitrogens with zero attached hydrogens (tertiary/aromatic N) is 3. The number of fused-ring (bicyclic) bond motifs is 1. The molecule has 0 bridgehead atoms. The molecule has 1 unspecified atom stereocenters. The molecule has 4 rings (SSSR count). The molecule has 0 radical (unpaired) electrons. The number of aliphatic carboxylic acids is 1. The third-order valence-corrected chi connectivity index (χ3v) is 6.30. The van der Waals surface area contributed by atoms with Crippen LogP contribution in [0.25, 0.3) is 22.0 Å². The SMILES string of the molecule is Cc1cc(Cl)ccc1-c1ccc2nn(C(CC(C)C)c3ccc(C(=O)NCCC(=O)O)nc3)cc2c1. The predicted octanol–water partition coefficient (Wildman–Crippen LogP) is 5.90. The third-order valence-electron chi connectivity index (χ3n) is 6.06. The molecule has 0 saturated carbocycles. The molecule has 0 spiro atoms. The van der Waals surface area contributed by atoms with Crippen molar-refractivity contribution in [3.8, 4) is 11.1 Å². The number of benzene rings is 2. The Labute approximate surface area is 215 Å². The van der Waals surface area contributed by atoms with E-state index in [1.807, 2.05) is 35.0 Å². The van der Waals surface area contributed by atoms with Gasteiger partial charge in [-0.1, -0.05) is 43.6 Å². The van der Waals surface area contributed by atoms with Crippen molar-refractivity contribution in [1.29, 1.82) is 0 Å². The van der Waals surface area contributed by atoms with Crippen LogP contribution in [0.5, 0.6) is 0 Å². The van der Waals surface area contributed by atoms with Gasteiger partial charge in [-0.15, -0.1) is 0 Å². The Morgan fingerprint density at radius 2 is 1.92 bits per heavy atom. The van der Waals surface area contributed by atoms with Gasteiger partial charge in [0.2, 0.25) is 0 Å². The Balaban J connectivity index is 1.61. The molecule has 2 N–H and O–H groups in total. The van der Waals surface area contributed by atoms with Gasteiger partial charge in [-0.3, -0.25) is 19.3 Å². The second-order valence-electron chi connectivity index (χ2n) is 9.36. The second-order valence-corrected chi connectivity index (χ2v) is 9.80. The van der Waals surface area contributed by atoms with Crippen molar-refractivity contribution in [1.82, 2.24) is 20.1 Å². The Kier molecular flexibility index (Phi) is 7.70. The lowest BCUT2D eigenvalue weighted by Gasteiger charge is -2.20. The van der Waals surface area contributed by atoms with E-state index >= 15 is 0 Å². The van der Waals surface area contributed by atoms with Crippen molar-refractivity contribution in [3.63, 3.8) is 0 Å². The van der Waals surface area contributed by atoms with E-state index in [2.05, 4.69) is 49.4 Å². The summed E-state index contributed by atoms with van der Waals surface area (Å²) in [5, 5.41) is 17.9. The highest BCUT2D eigenvalue weighted by atomic mass is 35.5. The number of hydrogen-bond acceptors (Lipinski definition) is 4. The van der Waals surface area contributed by atoms with Gasteiger partial charge >= 0.3 is 5.97 Å². The maximum Gasteiger partial charge on any atom is 0.305 e. The minimum Gasteiger partial charge on any atom is -0.481 e. The smallest absolute Gasteiger partial charge is 0.305 e. The van der Waals surface area contributed by atoms with E-state index in [0.29, 0.717) is 5.92 Å². The fourth-order valence-corrected chi connectivity index (χ4v) is 4.50. The van der Waals surface area contributed by atoms with Crippen molar-refractivity contribution in [3.05, 3.63) is 82.8 Å². The summed E-state index contributed by atoms with van der Waals surface area (Å²) in [5.41, 5.74) is 5.46. The van der Waals surface area contributed by atoms with Gasteiger partial charge in [0.15, 0.2) is 0 Å². The van der Waals surface area contributed by atoms with Gasteiger partial charge in [0.1, 0.15) is 5.69 Å². The zero-order valence-electron chi connectivity index (χ0n) is 20.5. The van der Waals surface area contributed by atoms with Crippen molar-refractivity contribution >= 4 is 34.4 Å². The molecule has 2 aromatic heterocycles. The van der Waals surface area contributed by atoms with Gasteiger partial charge in [0.25, 0.3) is 5.91 Å². The second kappa shape index (κ2) is 10.9. The Morgan fingerprint density at radius 1 is 1.11 bits per heavy atom. The van der Waals surface area contributed by atoms with Gasteiger partial charge in [0, 0.05) is 29.3 Å². The van der Waals surface area contributed by atoms with Crippen molar-refractivity contribution < 1.29 is 14.7 Å². The van der Waals surface area contributed by atoms with Crippen LogP contribution in [0, 0.1) is 12.8 Å². The number of halogens is 1. The molecule has 0 fully saturated rings. The summed E-state index contributed by atoms with van der Waals surface area (Å²) in [6.07, 6.45) is 4.48. The normalized spacial score (nSPS) is 12.1. The summed E-state index contributed by atoms with van der Waals surface area (Å²) in [4.78, 5) is 27.3. The molecule has 4 aromatic rings. The summed E-state index contributed by atoms with van der Waals surface area (Å²) >= 11 is 6.14. The number of carbonyl (C=O) groups excluding carboxylic acids is 1. The van der Waals surface area contributed by atoms with E-state index < -0.39 is 11.9 Å². The number of rotatable bonds is 9. The molecule has 0 aliphatic rings. The maximum atomic E-state index is 12.3. The number of aryl methyl sites for hydroxylation is 1. The van der Waals surface area contributed by atoms with E-state index in [0.717, 1.165) is 44.6 Å². The first kappa shape index (κ1) is 25.4. The fourth-order valence-electron chi connectivity index (χ4n) is 4.28. The quantitative estimate of drug-likeness (QED) is 0.296. The summed E-state index contributed by atoms with van der Waals surface area (Å²) in [5.74, 6) is -0.941.